The topological polar surface area (TPSA) is 43.1 Å². The van der Waals surface area contributed by atoms with Crippen LogP contribution < -0.4 is 0 Å². The third kappa shape index (κ3) is 3.85. The van der Waals surface area contributed by atoms with Crippen molar-refractivity contribution >= 4 is 21.6 Å². The number of halogens is 4. The van der Waals surface area contributed by atoms with Gasteiger partial charge >= 0.3 is 6.18 Å². The number of hydrogen-bond donors (Lipinski definition) is 0. The van der Waals surface area contributed by atoms with Gasteiger partial charge in [-0.3, -0.25) is 10.1 Å². The lowest BCUT2D eigenvalue weighted by Gasteiger charge is -2.04. The highest BCUT2D eigenvalue weighted by atomic mass is 79.9. The van der Waals surface area contributed by atoms with Gasteiger partial charge in [-0.05, 0) is 22.4 Å². The molecule has 0 atom stereocenters. The Hall–Kier alpha value is -1.37. The van der Waals surface area contributed by atoms with E-state index in [2.05, 4.69) is 15.9 Å². The second-order valence-corrected chi connectivity index (χ2v) is 3.99. The molecule has 0 bridgehead atoms. The van der Waals surface area contributed by atoms with Crippen LogP contribution in [0.1, 0.15) is 5.56 Å². The molecule has 0 aromatic heterocycles. The van der Waals surface area contributed by atoms with Gasteiger partial charge in [-0.15, -0.1) is 0 Å². The number of benzene rings is 1. The van der Waals surface area contributed by atoms with Crippen LogP contribution >= 0.6 is 15.9 Å². The van der Waals surface area contributed by atoms with E-state index in [9.17, 15) is 23.3 Å². The van der Waals surface area contributed by atoms with Gasteiger partial charge < -0.3 is 0 Å². The molecule has 0 fully saturated rings. The number of nitro benzene ring substituents is 1. The van der Waals surface area contributed by atoms with E-state index in [0.717, 1.165) is 6.08 Å². The van der Waals surface area contributed by atoms with Crippen LogP contribution in [-0.4, -0.2) is 11.1 Å². The smallest absolute Gasteiger partial charge is 0.258 e. The lowest BCUT2D eigenvalue weighted by atomic mass is 10.1. The number of rotatable bonds is 3. The fourth-order valence-electron chi connectivity index (χ4n) is 1.18. The Morgan fingerprint density at radius 3 is 2.53 bits per heavy atom. The highest BCUT2D eigenvalue weighted by molar-refractivity contribution is 9.11. The second-order valence-electron chi connectivity index (χ2n) is 3.14. The molecular weight excluding hydrogens is 303 g/mol. The van der Waals surface area contributed by atoms with Crippen molar-refractivity contribution in [3.05, 3.63) is 50.5 Å². The molecule has 0 spiro atoms. The minimum atomic E-state index is -4.47. The number of alkyl halides is 3. The molecule has 0 aliphatic carbocycles. The van der Waals surface area contributed by atoms with Gasteiger partial charge in [-0.25, -0.2) is 0 Å². The normalized spacial score (nSPS) is 12.6. The molecular formula is C10H7BrF3NO2. The maximum atomic E-state index is 12.2. The fourth-order valence-corrected chi connectivity index (χ4v) is 1.34. The average molecular weight is 310 g/mol. The van der Waals surface area contributed by atoms with Crippen molar-refractivity contribution in [2.75, 3.05) is 0 Å². The molecule has 0 unspecified atom stereocenters. The summed E-state index contributed by atoms with van der Waals surface area (Å²) in [5.41, 5.74) is 0.0462. The van der Waals surface area contributed by atoms with Crippen LogP contribution in [0.25, 0.3) is 0 Å². The first-order valence-electron chi connectivity index (χ1n) is 4.47. The molecule has 0 heterocycles. The number of para-hydroxylation sites is 1. The van der Waals surface area contributed by atoms with Gasteiger partial charge in [0.1, 0.15) is 0 Å². The van der Waals surface area contributed by atoms with Crippen LogP contribution in [0, 0.1) is 10.1 Å². The molecule has 0 aliphatic rings. The molecule has 0 saturated carbocycles. The van der Waals surface area contributed by atoms with Crippen LogP contribution in [0.4, 0.5) is 18.9 Å². The summed E-state index contributed by atoms with van der Waals surface area (Å²) in [7, 11) is 0. The quantitative estimate of drug-likeness (QED) is 0.626. The zero-order valence-electron chi connectivity index (χ0n) is 8.37. The number of nitrogens with zero attached hydrogens (tertiary/aromatic N) is 1. The predicted molar refractivity (Wildman–Crippen MR) is 59.9 cm³/mol. The van der Waals surface area contributed by atoms with E-state index in [-0.39, 0.29) is 17.7 Å². The van der Waals surface area contributed by atoms with Gasteiger partial charge in [-0.1, -0.05) is 24.3 Å². The maximum absolute atomic E-state index is 12.2. The Balaban J connectivity index is 2.94. The van der Waals surface area contributed by atoms with Crippen LogP contribution in [0.3, 0.4) is 0 Å². The summed E-state index contributed by atoms with van der Waals surface area (Å²) in [6, 6.07) is 5.68. The molecule has 3 nitrogen and oxygen atoms in total. The molecule has 7 heteroatoms. The van der Waals surface area contributed by atoms with Gasteiger partial charge in [0.25, 0.3) is 5.69 Å². The van der Waals surface area contributed by atoms with E-state index in [1.54, 1.807) is 0 Å². The Morgan fingerprint density at radius 1 is 1.41 bits per heavy atom. The highest BCUT2D eigenvalue weighted by Gasteiger charge is 2.31. The minimum Gasteiger partial charge on any atom is -0.258 e. The molecule has 1 rings (SSSR count). The zero-order valence-corrected chi connectivity index (χ0v) is 9.96. The summed E-state index contributed by atoms with van der Waals surface area (Å²) >= 11 is 2.38. The molecule has 92 valence electrons. The predicted octanol–water partition coefficient (Wildman–Crippen LogP) is 3.98. The van der Waals surface area contributed by atoms with E-state index >= 15 is 0 Å². The van der Waals surface area contributed by atoms with Crippen molar-refractivity contribution in [2.24, 2.45) is 0 Å². The Labute approximate surface area is 103 Å². The van der Waals surface area contributed by atoms with E-state index in [1.807, 2.05) is 0 Å². The number of allylic oxidation sites excluding steroid dienone is 2. The number of hydrogen-bond acceptors (Lipinski definition) is 2. The summed E-state index contributed by atoms with van der Waals surface area (Å²) in [4.78, 5) is 9.99. The van der Waals surface area contributed by atoms with Crippen molar-refractivity contribution in [3.63, 3.8) is 0 Å². The summed E-state index contributed by atoms with van der Waals surface area (Å²) in [5, 5.41) is 10.6. The lowest BCUT2D eigenvalue weighted by Crippen LogP contribution is -2.07. The van der Waals surface area contributed by atoms with Gasteiger partial charge in [0.15, 0.2) is 0 Å². The highest BCUT2D eigenvalue weighted by Crippen LogP contribution is 2.31. The fraction of sp³-hybridized carbons (Fsp3) is 0.200. The molecule has 1 aromatic rings. The Morgan fingerprint density at radius 2 is 2.00 bits per heavy atom. The molecule has 0 N–H and O–H groups in total. The van der Waals surface area contributed by atoms with Gasteiger partial charge in [0.2, 0.25) is 0 Å². The first kappa shape index (κ1) is 13.7. The average Bonchev–Trinajstić information content (AvgIpc) is 2.24. The van der Waals surface area contributed by atoms with E-state index < -0.39 is 15.6 Å². The first-order chi connectivity index (χ1) is 7.82. The maximum Gasteiger partial charge on any atom is 0.422 e. The molecule has 0 radical (unpaired) electrons. The lowest BCUT2D eigenvalue weighted by molar-refractivity contribution is -0.385. The largest absolute Gasteiger partial charge is 0.422 e. The van der Waals surface area contributed by atoms with Gasteiger partial charge in [0.05, 0.1) is 9.41 Å². The second kappa shape index (κ2) is 5.31. The van der Waals surface area contributed by atoms with E-state index in [0.29, 0.717) is 0 Å². The summed E-state index contributed by atoms with van der Waals surface area (Å²) < 4.78 is 35.5. The monoisotopic (exact) mass is 309 g/mol. The molecule has 0 aliphatic heterocycles. The summed E-state index contributed by atoms with van der Waals surface area (Å²) in [6.07, 6.45) is -3.76. The molecule has 1 aromatic carbocycles. The van der Waals surface area contributed by atoms with Crippen molar-refractivity contribution in [1.82, 2.24) is 0 Å². The minimum absolute atomic E-state index is 0.156. The SMILES string of the molecule is O=[N+]([O-])c1ccccc1C/C=C(/Br)C(F)(F)F. The summed E-state index contributed by atoms with van der Waals surface area (Å²) in [6.45, 7) is 0. The molecule has 0 saturated heterocycles. The van der Waals surface area contributed by atoms with Gasteiger partial charge in [-0.2, -0.15) is 13.2 Å². The number of nitro groups is 1. The first-order valence-corrected chi connectivity index (χ1v) is 5.27. The van der Waals surface area contributed by atoms with Crippen molar-refractivity contribution in [2.45, 2.75) is 12.6 Å². The van der Waals surface area contributed by atoms with Crippen molar-refractivity contribution in [1.29, 1.82) is 0 Å². The third-order valence-corrected chi connectivity index (χ3v) is 2.73. The van der Waals surface area contributed by atoms with Crippen LogP contribution in [0.5, 0.6) is 0 Å². The van der Waals surface area contributed by atoms with Crippen LogP contribution in [0.15, 0.2) is 34.8 Å². The Bertz CT molecular complexity index is 457. The summed E-state index contributed by atoms with van der Waals surface area (Å²) in [5.74, 6) is 0. The van der Waals surface area contributed by atoms with Crippen molar-refractivity contribution < 1.29 is 18.1 Å². The van der Waals surface area contributed by atoms with E-state index in [4.69, 9.17) is 0 Å². The standard InChI is InChI=1S/C10H7BrF3NO2/c11-9(10(12,13)14)6-5-7-3-1-2-4-8(7)15(16)17/h1-4,6H,5H2/b9-6+. The zero-order chi connectivity index (χ0) is 13.1. The van der Waals surface area contributed by atoms with Crippen molar-refractivity contribution in [3.8, 4) is 0 Å². The molecule has 0 amide bonds. The van der Waals surface area contributed by atoms with Gasteiger partial charge in [0, 0.05) is 11.6 Å². The van der Waals surface area contributed by atoms with Crippen LogP contribution in [0.2, 0.25) is 0 Å². The Kier molecular flexibility index (Phi) is 4.28. The molecule has 17 heavy (non-hydrogen) atoms. The third-order valence-electron chi connectivity index (χ3n) is 1.96. The van der Waals surface area contributed by atoms with E-state index in [1.165, 1.54) is 24.3 Å². The van der Waals surface area contributed by atoms with Crippen LogP contribution in [-0.2, 0) is 6.42 Å².